The highest BCUT2D eigenvalue weighted by atomic mass is 32.2. The molecule has 2 N–H and O–H groups in total. The summed E-state index contributed by atoms with van der Waals surface area (Å²) < 4.78 is 18.9. The van der Waals surface area contributed by atoms with Gasteiger partial charge in [-0.05, 0) is 38.0 Å². The average molecular weight is 303 g/mol. The molecule has 1 aromatic heterocycles. The van der Waals surface area contributed by atoms with Crippen molar-refractivity contribution in [1.29, 1.82) is 0 Å². The summed E-state index contributed by atoms with van der Waals surface area (Å²) >= 11 is 0. The number of hydrogen-bond acceptors (Lipinski definition) is 3. The highest BCUT2D eigenvalue weighted by molar-refractivity contribution is 7.92. The molecule has 1 atom stereocenters. The lowest BCUT2D eigenvalue weighted by atomic mass is 10.2. The molecule has 7 heteroatoms. The average Bonchev–Trinajstić information content (AvgIpc) is 2.62. The topological polar surface area (TPSA) is 73.3 Å². The van der Waals surface area contributed by atoms with Crippen LogP contribution in [0.2, 0.25) is 18.1 Å². The zero-order valence-electron chi connectivity index (χ0n) is 13.0. The molecule has 0 spiro atoms. The van der Waals surface area contributed by atoms with E-state index in [1.54, 1.807) is 16.9 Å². The second-order valence-electron chi connectivity index (χ2n) is 6.70. The molecule has 0 fully saturated rings. The van der Waals surface area contributed by atoms with Crippen LogP contribution in [0, 0.1) is 0 Å². The first-order chi connectivity index (χ1) is 8.37. The second kappa shape index (κ2) is 5.03. The maximum absolute atomic E-state index is 12.7. The van der Waals surface area contributed by atoms with Crippen LogP contribution in [0.25, 0.3) is 0 Å². The summed E-state index contributed by atoms with van der Waals surface area (Å²) in [5.41, 5.74) is 0. The summed E-state index contributed by atoms with van der Waals surface area (Å²) in [6, 6.07) is 1.93. The van der Waals surface area contributed by atoms with Gasteiger partial charge < -0.3 is 0 Å². The Morgan fingerprint density at radius 2 is 1.95 bits per heavy atom. The van der Waals surface area contributed by atoms with Gasteiger partial charge in [0.1, 0.15) is 9.92 Å². The van der Waals surface area contributed by atoms with Crippen molar-refractivity contribution in [3.05, 3.63) is 12.3 Å². The highest BCUT2D eigenvalue weighted by Crippen LogP contribution is 2.37. The molecule has 0 amide bonds. The normalized spacial score (nSPS) is 16.5. The standard InChI is InChI=1S/C12H26N4OSSi/c1-10(2)16-9-8-11(14-16)18(13,17)15-19(6,7)12(3,4)5/h8-10H,1-7H3,(H2,13,15,17). The van der Waals surface area contributed by atoms with Gasteiger partial charge in [-0.3, -0.25) is 8.71 Å². The lowest BCUT2D eigenvalue weighted by Gasteiger charge is -2.32. The van der Waals surface area contributed by atoms with Gasteiger partial charge in [0.25, 0.3) is 0 Å². The van der Waals surface area contributed by atoms with Crippen LogP contribution >= 0.6 is 0 Å². The Hall–Kier alpha value is -0.663. The van der Waals surface area contributed by atoms with Crippen molar-refractivity contribution in [2.45, 2.75) is 63.8 Å². The maximum atomic E-state index is 12.7. The van der Waals surface area contributed by atoms with E-state index in [4.69, 9.17) is 5.14 Å². The molecular formula is C12H26N4OSSi. The highest BCUT2D eigenvalue weighted by Gasteiger charge is 2.37. The van der Waals surface area contributed by atoms with Crippen molar-refractivity contribution in [2.24, 2.45) is 9.17 Å². The van der Waals surface area contributed by atoms with E-state index in [1.165, 1.54) is 0 Å². The van der Waals surface area contributed by atoms with E-state index in [-0.39, 0.29) is 11.1 Å². The van der Waals surface area contributed by atoms with Crippen LogP contribution in [0.5, 0.6) is 0 Å². The van der Waals surface area contributed by atoms with Crippen LogP contribution in [0.15, 0.2) is 21.3 Å². The van der Waals surface area contributed by atoms with Crippen LogP contribution in [0.1, 0.15) is 40.7 Å². The fraction of sp³-hybridized carbons (Fsp3) is 0.750. The molecule has 0 aliphatic carbocycles. The smallest absolute Gasteiger partial charge is 0.195 e. The summed E-state index contributed by atoms with van der Waals surface area (Å²) in [6.07, 6.45) is 1.80. The van der Waals surface area contributed by atoms with Gasteiger partial charge in [0.2, 0.25) is 0 Å². The van der Waals surface area contributed by atoms with Crippen LogP contribution in [-0.4, -0.2) is 22.2 Å². The van der Waals surface area contributed by atoms with Gasteiger partial charge in [0.15, 0.2) is 13.3 Å². The number of nitrogens with zero attached hydrogens (tertiary/aromatic N) is 3. The predicted octanol–water partition coefficient (Wildman–Crippen LogP) is 3.17. The first-order valence-electron chi connectivity index (χ1n) is 6.48. The Morgan fingerprint density at radius 3 is 2.32 bits per heavy atom. The zero-order chi connectivity index (χ0) is 15.1. The van der Waals surface area contributed by atoms with Crippen molar-refractivity contribution in [2.75, 3.05) is 0 Å². The van der Waals surface area contributed by atoms with E-state index in [1.807, 2.05) is 13.8 Å². The van der Waals surface area contributed by atoms with Gasteiger partial charge in [-0.1, -0.05) is 20.8 Å². The molecule has 1 rings (SSSR count). The second-order valence-corrected chi connectivity index (χ2v) is 13.6. The Labute approximate surface area is 118 Å². The molecule has 5 nitrogen and oxygen atoms in total. The molecule has 1 aromatic rings. The van der Waals surface area contributed by atoms with Gasteiger partial charge in [-0.15, -0.1) is 0 Å². The van der Waals surface area contributed by atoms with E-state index in [2.05, 4.69) is 43.0 Å². The lowest BCUT2D eigenvalue weighted by molar-refractivity contribution is 0.520. The van der Waals surface area contributed by atoms with Crippen LogP contribution in [0.4, 0.5) is 0 Å². The molecule has 0 aliphatic rings. The van der Waals surface area contributed by atoms with E-state index < -0.39 is 18.2 Å². The van der Waals surface area contributed by atoms with Crippen molar-refractivity contribution in [1.82, 2.24) is 9.78 Å². The predicted molar refractivity (Wildman–Crippen MR) is 82.8 cm³/mol. The molecule has 0 saturated heterocycles. The van der Waals surface area contributed by atoms with E-state index in [0.717, 1.165) is 0 Å². The number of hydrogen-bond donors (Lipinski definition) is 1. The van der Waals surface area contributed by atoms with Crippen molar-refractivity contribution in [3.63, 3.8) is 0 Å². The molecule has 0 saturated carbocycles. The minimum absolute atomic E-state index is 0.00957. The number of nitrogens with two attached hydrogens (primary N) is 1. The first kappa shape index (κ1) is 16.4. The van der Waals surface area contributed by atoms with Gasteiger partial charge in [-0.2, -0.15) is 5.10 Å². The summed E-state index contributed by atoms with van der Waals surface area (Å²) in [4.78, 5) is 0. The summed E-state index contributed by atoms with van der Waals surface area (Å²) in [5.74, 6) is 0. The van der Waals surface area contributed by atoms with Crippen molar-refractivity contribution in [3.8, 4) is 0 Å². The van der Waals surface area contributed by atoms with Crippen LogP contribution in [0.3, 0.4) is 0 Å². The molecule has 1 heterocycles. The summed E-state index contributed by atoms with van der Waals surface area (Å²) in [5, 5.41) is 10.6. The zero-order valence-corrected chi connectivity index (χ0v) is 14.8. The van der Waals surface area contributed by atoms with E-state index in [9.17, 15) is 4.21 Å². The Kier molecular flexibility index (Phi) is 4.34. The fourth-order valence-corrected chi connectivity index (χ4v) is 5.94. The molecule has 0 aliphatic heterocycles. The largest absolute Gasteiger partial charge is 0.269 e. The van der Waals surface area contributed by atoms with Crippen LogP contribution < -0.4 is 5.14 Å². The minimum Gasteiger partial charge on any atom is -0.269 e. The quantitative estimate of drug-likeness (QED) is 0.871. The Bertz CT molecular complexity index is 563. The van der Waals surface area contributed by atoms with Gasteiger partial charge in [0, 0.05) is 12.2 Å². The third kappa shape index (κ3) is 3.67. The van der Waals surface area contributed by atoms with Crippen LogP contribution in [-0.2, 0) is 9.92 Å². The molecular weight excluding hydrogens is 276 g/mol. The van der Waals surface area contributed by atoms with Gasteiger partial charge in [-0.25, -0.2) is 9.35 Å². The molecule has 0 bridgehead atoms. The maximum Gasteiger partial charge on any atom is 0.195 e. The van der Waals surface area contributed by atoms with Crippen molar-refractivity contribution >= 4 is 18.2 Å². The minimum atomic E-state index is -2.91. The molecule has 19 heavy (non-hydrogen) atoms. The number of aromatic nitrogens is 2. The monoisotopic (exact) mass is 302 g/mol. The van der Waals surface area contributed by atoms with Gasteiger partial charge in [0.05, 0.1) is 0 Å². The van der Waals surface area contributed by atoms with E-state index >= 15 is 0 Å². The molecule has 0 radical (unpaired) electrons. The Morgan fingerprint density at radius 1 is 1.42 bits per heavy atom. The fourth-order valence-electron chi connectivity index (χ4n) is 1.29. The summed E-state index contributed by atoms with van der Waals surface area (Å²) in [6.45, 7) is 14.5. The van der Waals surface area contributed by atoms with Crippen molar-refractivity contribution < 1.29 is 4.21 Å². The number of rotatable bonds is 3. The third-order valence-electron chi connectivity index (χ3n) is 3.61. The SMILES string of the molecule is CC(C)n1ccc(S(N)(=O)=N[Si](C)(C)C(C)(C)C)n1. The first-order valence-corrected chi connectivity index (χ1v) is 11.0. The molecule has 110 valence electrons. The third-order valence-corrected chi connectivity index (χ3v) is 11.0. The summed E-state index contributed by atoms with van der Waals surface area (Å²) in [7, 11) is -4.97. The lowest BCUT2D eigenvalue weighted by Crippen LogP contribution is -2.37. The van der Waals surface area contributed by atoms with E-state index in [0.29, 0.717) is 5.03 Å². The molecule has 0 aromatic carbocycles. The van der Waals surface area contributed by atoms with Gasteiger partial charge >= 0.3 is 0 Å². The Balaban J connectivity index is 3.27. The molecule has 1 unspecified atom stereocenters.